The average Bonchev–Trinajstić information content (AvgIpc) is 2.96. The lowest BCUT2D eigenvalue weighted by Crippen LogP contribution is -1.95. The summed E-state index contributed by atoms with van der Waals surface area (Å²) in [5.41, 5.74) is 9.32. The van der Waals surface area contributed by atoms with Crippen LogP contribution in [0.15, 0.2) is 22.7 Å². The van der Waals surface area contributed by atoms with Gasteiger partial charge in [-0.25, -0.2) is 0 Å². The summed E-state index contributed by atoms with van der Waals surface area (Å²) in [7, 11) is 0. The van der Waals surface area contributed by atoms with E-state index in [0.717, 1.165) is 12.0 Å². The van der Waals surface area contributed by atoms with Crippen LogP contribution in [0, 0.1) is 0 Å². The van der Waals surface area contributed by atoms with Crippen molar-refractivity contribution >= 4 is 0 Å². The Morgan fingerprint density at radius 2 is 2.12 bits per heavy atom. The SMILES string of the molecule is NCc1nc(-c2ccc3c(c2)CCC3)no1. The minimum atomic E-state index is 0.290. The van der Waals surface area contributed by atoms with E-state index in [-0.39, 0.29) is 6.54 Å². The molecule has 1 aliphatic rings. The largest absolute Gasteiger partial charge is 0.338 e. The average molecular weight is 215 g/mol. The highest BCUT2D eigenvalue weighted by Crippen LogP contribution is 2.26. The monoisotopic (exact) mass is 215 g/mol. The molecule has 3 rings (SSSR count). The number of hydrogen-bond donors (Lipinski definition) is 1. The highest BCUT2D eigenvalue weighted by molar-refractivity contribution is 5.57. The zero-order chi connectivity index (χ0) is 11.0. The second-order valence-electron chi connectivity index (χ2n) is 4.05. The molecule has 1 heterocycles. The maximum absolute atomic E-state index is 5.44. The number of rotatable bonds is 2. The third-order valence-electron chi connectivity index (χ3n) is 3.00. The first-order chi connectivity index (χ1) is 7.86. The van der Waals surface area contributed by atoms with E-state index in [1.54, 1.807) is 0 Å². The highest BCUT2D eigenvalue weighted by Gasteiger charge is 2.13. The Hall–Kier alpha value is -1.68. The minimum absolute atomic E-state index is 0.290. The van der Waals surface area contributed by atoms with Gasteiger partial charge in [0.15, 0.2) is 0 Å². The van der Waals surface area contributed by atoms with Gasteiger partial charge in [-0.2, -0.15) is 4.98 Å². The standard InChI is InChI=1S/C12H13N3O/c13-7-11-14-12(15-16-11)10-5-4-8-2-1-3-9(8)6-10/h4-6H,1-3,7,13H2. The molecule has 0 atom stereocenters. The van der Waals surface area contributed by atoms with Crippen molar-refractivity contribution in [2.75, 3.05) is 0 Å². The van der Waals surface area contributed by atoms with E-state index in [1.165, 1.54) is 24.0 Å². The molecular weight excluding hydrogens is 202 g/mol. The van der Waals surface area contributed by atoms with Crippen LogP contribution in [-0.4, -0.2) is 10.1 Å². The summed E-state index contributed by atoms with van der Waals surface area (Å²) in [6.45, 7) is 0.290. The van der Waals surface area contributed by atoms with Crippen LogP contribution in [0.25, 0.3) is 11.4 Å². The zero-order valence-electron chi connectivity index (χ0n) is 8.94. The maximum atomic E-state index is 5.44. The van der Waals surface area contributed by atoms with E-state index >= 15 is 0 Å². The van der Waals surface area contributed by atoms with Gasteiger partial charge >= 0.3 is 0 Å². The van der Waals surface area contributed by atoms with Gasteiger partial charge in [-0.1, -0.05) is 17.3 Å². The van der Waals surface area contributed by atoms with Gasteiger partial charge in [0.25, 0.3) is 0 Å². The normalized spacial score (nSPS) is 14.1. The number of nitrogens with two attached hydrogens (primary N) is 1. The summed E-state index contributed by atoms with van der Waals surface area (Å²) in [6.07, 6.45) is 3.60. The second-order valence-corrected chi connectivity index (χ2v) is 4.05. The van der Waals surface area contributed by atoms with Crippen LogP contribution in [0.5, 0.6) is 0 Å². The molecule has 16 heavy (non-hydrogen) atoms. The first-order valence-electron chi connectivity index (χ1n) is 5.51. The Bertz CT molecular complexity index is 519. The molecule has 0 fully saturated rings. The molecule has 1 aliphatic carbocycles. The molecule has 0 saturated heterocycles. The topological polar surface area (TPSA) is 64.9 Å². The maximum Gasteiger partial charge on any atom is 0.240 e. The van der Waals surface area contributed by atoms with Gasteiger partial charge in [-0.15, -0.1) is 0 Å². The Kier molecular flexibility index (Phi) is 2.22. The number of nitrogens with zero attached hydrogens (tertiary/aromatic N) is 2. The molecule has 82 valence electrons. The fraction of sp³-hybridized carbons (Fsp3) is 0.333. The first kappa shape index (κ1) is 9.54. The van der Waals surface area contributed by atoms with E-state index in [1.807, 2.05) is 0 Å². The van der Waals surface area contributed by atoms with Gasteiger partial charge < -0.3 is 10.3 Å². The Morgan fingerprint density at radius 1 is 1.25 bits per heavy atom. The van der Waals surface area contributed by atoms with Gasteiger partial charge in [0, 0.05) is 5.56 Å². The fourth-order valence-corrected chi connectivity index (χ4v) is 2.17. The van der Waals surface area contributed by atoms with Crippen molar-refractivity contribution in [3.63, 3.8) is 0 Å². The third kappa shape index (κ3) is 1.51. The van der Waals surface area contributed by atoms with Gasteiger partial charge in [0.1, 0.15) is 0 Å². The van der Waals surface area contributed by atoms with Crippen molar-refractivity contribution < 1.29 is 4.52 Å². The van der Waals surface area contributed by atoms with Crippen LogP contribution in [0.2, 0.25) is 0 Å². The minimum Gasteiger partial charge on any atom is -0.338 e. The lowest BCUT2D eigenvalue weighted by molar-refractivity contribution is 0.380. The van der Waals surface area contributed by atoms with E-state index in [4.69, 9.17) is 10.3 Å². The first-order valence-corrected chi connectivity index (χ1v) is 5.51. The van der Waals surface area contributed by atoms with Crippen molar-refractivity contribution in [2.24, 2.45) is 5.73 Å². The third-order valence-corrected chi connectivity index (χ3v) is 3.00. The molecule has 1 aromatic carbocycles. The predicted octanol–water partition coefficient (Wildman–Crippen LogP) is 1.68. The van der Waals surface area contributed by atoms with Crippen LogP contribution in [0.1, 0.15) is 23.4 Å². The van der Waals surface area contributed by atoms with Crippen molar-refractivity contribution in [2.45, 2.75) is 25.8 Å². The number of aromatic nitrogens is 2. The molecule has 0 unspecified atom stereocenters. The molecule has 0 amide bonds. The summed E-state index contributed by atoms with van der Waals surface area (Å²) >= 11 is 0. The number of fused-ring (bicyclic) bond motifs is 1. The molecule has 2 N–H and O–H groups in total. The molecule has 0 bridgehead atoms. The molecule has 1 aromatic heterocycles. The molecule has 0 radical (unpaired) electrons. The highest BCUT2D eigenvalue weighted by atomic mass is 16.5. The Morgan fingerprint density at radius 3 is 2.94 bits per heavy atom. The van der Waals surface area contributed by atoms with E-state index < -0.39 is 0 Å². The van der Waals surface area contributed by atoms with Crippen LogP contribution >= 0.6 is 0 Å². The Balaban J connectivity index is 2.00. The molecule has 4 heteroatoms. The van der Waals surface area contributed by atoms with Gasteiger partial charge in [0.05, 0.1) is 6.54 Å². The summed E-state index contributed by atoms with van der Waals surface area (Å²) in [5, 5.41) is 3.92. The summed E-state index contributed by atoms with van der Waals surface area (Å²) in [4.78, 5) is 4.22. The van der Waals surface area contributed by atoms with E-state index in [0.29, 0.717) is 11.7 Å². The van der Waals surface area contributed by atoms with Crippen LogP contribution < -0.4 is 5.73 Å². The van der Waals surface area contributed by atoms with Gasteiger partial charge in [-0.05, 0) is 36.5 Å². The zero-order valence-corrected chi connectivity index (χ0v) is 8.94. The molecule has 0 saturated carbocycles. The molecule has 0 spiro atoms. The molecule has 4 nitrogen and oxygen atoms in total. The van der Waals surface area contributed by atoms with Crippen molar-refractivity contribution in [1.82, 2.24) is 10.1 Å². The second kappa shape index (κ2) is 3.72. The Labute approximate surface area is 93.5 Å². The number of hydrogen-bond acceptors (Lipinski definition) is 4. The quantitative estimate of drug-likeness (QED) is 0.827. The van der Waals surface area contributed by atoms with Gasteiger partial charge in [0.2, 0.25) is 11.7 Å². The summed E-state index contributed by atoms with van der Waals surface area (Å²) in [5.74, 6) is 1.12. The van der Waals surface area contributed by atoms with Crippen molar-refractivity contribution in [1.29, 1.82) is 0 Å². The summed E-state index contributed by atoms with van der Waals surface area (Å²) in [6, 6.07) is 6.37. The van der Waals surface area contributed by atoms with Crippen molar-refractivity contribution in [3.05, 3.63) is 35.2 Å². The van der Waals surface area contributed by atoms with Crippen LogP contribution in [-0.2, 0) is 19.4 Å². The predicted molar refractivity (Wildman–Crippen MR) is 59.7 cm³/mol. The molecular formula is C12H13N3O. The van der Waals surface area contributed by atoms with Crippen LogP contribution in [0.3, 0.4) is 0 Å². The van der Waals surface area contributed by atoms with Crippen molar-refractivity contribution in [3.8, 4) is 11.4 Å². The lowest BCUT2D eigenvalue weighted by Gasteiger charge is -2.00. The van der Waals surface area contributed by atoms with E-state index in [2.05, 4.69) is 28.3 Å². The summed E-state index contributed by atoms with van der Waals surface area (Å²) < 4.78 is 5.00. The fourth-order valence-electron chi connectivity index (χ4n) is 2.17. The lowest BCUT2D eigenvalue weighted by atomic mass is 10.1. The smallest absolute Gasteiger partial charge is 0.240 e. The number of benzene rings is 1. The molecule has 0 aliphatic heterocycles. The van der Waals surface area contributed by atoms with Gasteiger partial charge in [-0.3, -0.25) is 0 Å². The van der Waals surface area contributed by atoms with Crippen LogP contribution in [0.4, 0.5) is 0 Å². The van der Waals surface area contributed by atoms with E-state index in [9.17, 15) is 0 Å². The number of aryl methyl sites for hydroxylation is 2. The molecule has 2 aromatic rings.